The van der Waals surface area contributed by atoms with Crippen LogP contribution in [-0.4, -0.2) is 46.6 Å². The zero-order chi connectivity index (χ0) is 19.6. The Labute approximate surface area is 162 Å². The molecule has 0 unspecified atom stereocenters. The van der Waals surface area contributed by atoms with Crippen LogP contribution in [0, 0.1) is 11.6 Å². The van der Waals surface area contributed by atoms with Crippen LogP contribution in [0.15, 0.2) is 42.5 Å². The van der Waals surface area contributed by atoms with Crippen LogP contribution in [0.5, 0.6) is 0 Å². The molecule has 0 aromatic heterocycles. The molecule has 2 atom stereocenters. The molecule has 1 heterocycles. The summed E-state index contributed by atoms with van der Waals surface area (Å²) in [6, 6.07) is 10.2. The van der Waals surface area contributed by atoms with Crippen molar-refractivity contribution in [3.63, 3.8) is 0 Å². The maximum atomic E-state index is 13.9. The predicted octanol–water partition coefficient (Wildman–Crippen LogP) is 3.78. The Morgan fingerprint density at radius 1 is 1.30 bits per heavy atom. The van der Waals surface area contributed by atoms with E-state index in [-0.39, 0.29) is 12.6 Å². The fourth-order valence-electron chi connectivity index (χ4n) is 3.55. The normalized spacial score (nSPS) is 20.3. The van der Waals surface area contributed by atoms with Crippen LogP contribution < -0.4 is 0 Å². The van der Waals surface area contributed by atoms with Crippen LogP contribution in [0.3, 0.4) is 0 Å². The molecule has 4 nitrogen and oxygen atoms in total. The third-order valence-electron chi connectivity index (χ3n) is 5.00. The van der Waals surface area contributed by atoms with E-state index in [1.165, 1.54) is 12.1 Å². The Morgan fingerprint density at radius 3 is 2.74 bits per heavy atom. The molecule has 0 saturated carbocycles. The second kappa shape index (κ2) is 8.33. The van der Waals surface area contributed by atoms with Gasteiger partial charge in [-0.05, 0) is 37.2 Å². The highest BCUT2D eigenvalue weighted by Gasteiger charge is 2.38. The number of carbonyl (C=O) groups is 1. The number of carboxylic acid groups (broad SMARTS) is 1. The Kier molecular flexibility index (Phi) is 6.09. The average Bonchev–Trinajstić information content (AvgIpc) is 3.01. The van der Waals surface area contributed by atoms with Gasteiger partial charge >= 0.3 is 5.97 Å². The molecule has 2 aromatic rings. The highest BCUT2D eigenvalue weighted by Crippen LogP contribution is 2.26. The number of nitrogens with zero attached hydrogens (tertiary/aromatic N) is 2. The van der Waals surface area contributed by atoms with Crippen molar-refractivity contribution < 1.29 is 18.7 Å². The van der Waals surface area contributed by atoms with Crippen molar-refractivity contribution in [1.82, 2.24) is 9.80 Å². The third-order valence-corrected chi connectivity index (χ3v) is 5.23. The Morgan fingerprint density at radius 2 is 2.07 bits per heavy atom. The molecule has 3 rings (SSSR count). The maximum absolute atomic E-state index is 13.9. The first-order chi connectivity index (χ1) is 12.8. The summed E-state index contributed by atoms with van der Waals surface area (Å²) in [5, 5.41) is 10.2. The summed E-state index contributed by atoms with van der Waals surface area (Å²) < 4.78 is 27.0. The lowest BCUT2D eigenvalue weighted by molar-refractivity contribution is -0.142. The molecule has 27 heavy (non-hydrogen) atoms. The van der Waals surface area contributed by atoms with Crippen molar-refractivity contribution in [2.75, 3.05) is 13.6 Å². The van der Waals surface area contributed by atoms with Crippen LogP contribution in [0.25, 0.3) is 0 Å². The Bertz CT molecular complexity index is 833. The van der Waals surface area contributed by atoms with Gasteiger partial charge in [0, 0.05) is 42.3 Å². The van der Waals surface area contributed by atoms with Crippen LogP contribution >= 0.6 is 11.6 Å². The zero-order valence-electron chi connectivity index (χ0n) is 14.9. The minimum absolute atomic E-state index is 0.0465. The summed E-state index contributed by atoms with van der Waals surface area (Å²) in [5.74, 6) is -2.08. The highest BCUT2D eigenvalue weighted by atomic mass is 35.5. The number of hydrogen-bond acceptors (Lipinski definition) is 3. The molecule has 1 saturated heterocycles. The second-order valence-corrected chi connectivity index (χ2v) is 7.39. The van der Waals surface area contributed by atoms with E-state index in [0.717, 1.165) is 11.6 Å². The summed E-state index contributed by atoms with van der Waals surface area (Å²) in [5.41, 5.74) is 1.33. The third kappa shape index (κ3) is 4.83. The monoisotopic (exact) mass is 394 g/mol. The molecule has 0 spiro atoms. The summed E-state index contributed by atoms with van der Waals surface area (Å²) in [6.45, 7) is 1.31. The number of halogens is 3. The van der Waals surface area contributed by atoms with Crippen molar-refractivity contribution in [3.8, 4) is 0 Å². The number of hydrogen-bond donors (Lipinski definition) is 1. The van der Waals surface area contributed by atoms with Crippen molar-refractivity contribution in [2.24, 2.45) is 0 Å². The second-order valence-electron chi connectivity index (χ2n) is 6.95. The van der Waals surface area contributed by atoms with E-state index in [1.54, 1.807) is 6.07 Å². The fraction of sp³-hybridized carbons (Fsp3) is 0.350. The molecule has 1 N–H and O–H groups in total. The van der Waals surface area contributed by atoms with Crippen molar-refractivity contribution in [3.05, 3.63) is 70.2 Å². The number of benzene rings is 2. The van der Waals surface area contributed by atoms with E-state index in [9.17, 15) is 18.7 Å². The molecule has 0 radical (unpaired) electrons. The number of rotatable bonds is 6. The van der Waals surface area contributed by atoms with Gasteiger partial charge in [-0.3, -0.25) is 14.6 Å². The van der Waals surface area contributed by atoms with E-state index in [0.29, 0.717) is 30.1 Å². The van der Waals surface area contributed by atoms with E-state index in [2.05, 4.69) is 0 Å². The van der Waals surface area contributed by atoms with E-state index in [1.807, 2.05) is 35.0 Å². The van der Waals surface area contributed by atoms with Gasteiger partial charge in [-0.25, -0.2) is 8.78 Å². The van der Waals surface area contributed by atoms with Gasteiger partial charge in [-0.15, -0.1) is 0 Å². The Hall–Kier alpha value is -2.02. The lowest BCUT2D eigenvalue weighted by Gasteiger charge is -2.25. The summed E-state index contributed by atoms with van der Waals surface area (Å²) in [7, 11) is 1.83. The minimum Gasteiger partial charge on any atom is -0.480 e. The topological polar surface area (TPSA) is 43.8 Å². The molecule has 0 bridgehead atoms. The predicted molar refractivity (Wildman–Crippen MR) is 99.5 cm³/mol. The number of likely N-dealkylation sites (tertiary alicyclic amines) is 1. The van der Waals surface area contributed by atoms with E-state index in [4.69, 9.17) is 11.6 Å². The molecular weight excluding hydrogens is 374 g/mol. The van der Waals surface area contributed by atoms with Crippen LogP contribution in [-0.2, 0) is 17.9 Å². The van der Waals surface area contributed by atoms with Crippen LogP contribution in [0.2, 0.25) is 5.02 Å². The zero-order valence-corrected chi connectivity index (χ0v) is 15.7. The van der Waals surface area contributed by atoms with Gasteiger partial charge in [0.1, 0.15) is 17.7 Å². The SMILES string of the molecule is CN(Cc1ccc(F)cc1F)[C@H]1C[C@@H](C(=O)O)N(Cc2cccc(Cl)c2)C1. The molecule has 2 aromatic carbocycles. The first-order valence-electron chi connectivity index (χ1n) is 8.69. The highest BCUT2D eigenvalue weighted by molar-refractivity contribution is 6.30. The lowest BCUT2D eigenvalue weighted by Crippen LogP contribution is -2.36. The average molecular weight is 395 g/mol. The molecule has 1 aliphatic rings. The van der Waals surface area contributed by atoms with Gasteiger partial charge < -0.3 is 5.11 Å². The molecule has 7 heteroatoms. The lowest BCUT2D eigenvalue weighted by atomic mass is 10.1. The summed E-state index contributed by atoms with van der Waals surface area (Å²) in [6.07, 6.45) is 0.440. The van der Waals surface area contributed by atoms with E-state index >= 15 is 0 Å². The molecule has 0 amide bonds. The van der Waals surface area contributed by atoms with Gasteiger partial charge in [-0.2, -0.15) is 0 Å². The molecular formula is C20H21ClF2N2O2. The molecule has 1 fully saturated rings. The number of carboxylic acids is 1. The van der Waals surface area contributed by atoms with Crippen molar-refractivity contribution in [2.45, 2.75) is 31.6 Å². The van der Waals surface area contributed by atoms with Gasteiger partial charge in [0.25, 0.3) is 0 Å². The minimum atomic E-state index is -0.874. The summed E-state index contributed by atoms with van der Waals surface area (Å²) in [4.78, 5) is 15.5. The first-order valence-corrected chi connectivity index (χ1v) is 9.06. The van der Waals surface area contributed by atoms with Gasteiger partial charge in [0.2, 0.25) is 0 Å². The van der Waals surface area contributed by atoms with Crippen molar-refractivity contribution in [1.29, 1.82) is 0 Å². The maximum Gasteiger partial charge on any atom is 0.320 e. The van der Waals surface area contributed by atoms with E-state index < -0.39 is 23.6 Å². The van der Waals surface area contributed by atoms with Crippen LogP contribution in [0.1, 0.15) is 17.5 Å². The standard InChI is InChI=1S/C20H21ClF2N2O2/c1-24(11-14-5-6-16(22)8-18(14)23)17-9-19(20(26)27)25(12-17)10-13-3-2-4-15(21)7-13/h2-8,17,19H,9-12H2,1H3,(H,26,27)/t17-,19-/m0/s1. The quantitative estimate of drug-likeness (QED) is 0.809. The van der Waals surface area contributed by atoms with Gasteiger partial charge in [0.15, 0.2) is 0 Å². The largest absolute Gasteiger partial charge is 0.480 e. The number of aliphatic carboxylic acids is 1. The summed E-state index contributed by atoms with van der Waals surface area (Å²) >= 11 is 6.02. The van der Waals surface area contributed by atoms with Crippen LogP contribution in [0.4, 0.5) is 8.78 Å². The first kappa shape index (κ1) is 19.7. The smallest absolute Gasteiger partial charge is 0.320 e. The van der Waals surface area contributed by atoms with Gasteiger partial charge in [0.05, 0.1) is 0 Å². The fourth-order valence-corrected chi connectivity index (χ4v) is 3.76. The van der Waals surface area contributed by atoms with Gasteiger partial charge in [-0.1, -0.05) is 29.8 Å². The molecule has 1 aliphatic heterocycles. The molecule has 144 valence electrons. The molecule has 0 aliphatic carbocycles. The number of likely N-dealkylation sites (N-methyl/N-ethyl adjacent to an activating group) is 1. The Balaban J connectivity index is 1.70. The van der Waals surface area contributed by atoms with Crippen molar-refractivity contribution >= 4 is 17.6 Å².